The number of aryl methyl sites for hydroxylation is 1. The molecule has 0 bridgehead atoms. The van der Waals surface area contributed by atoms with Crippen LogP contribution in [0.3, 0.4) is 0 Å². The summed E-state index contributed by atoms with van der Waals surface area (Å²) in [5.74, 6) is 5.79. The molecule has 2 aromatic carbocycles. The number of ether oxygens (including phenoxy) is 1. The molecule has 0 aliphatic heterocycles. The van der Waals surface area contributed by atoms with Gasteiger partial charge in [-0.15, -0.1) is 0 Å². The van der Waals surface area contributed by atoms with E-state index in [0.717, 1.165) is 31.1 Å². The predicted octanol–water partition coefficient (Wildman–Crippen LogP) is 5.17. The highest BCUT2D eigenvalue weighted by Gasteiger charge is 2.06. The SMILES string of the molecule is Cc1cc(Sc2cc(Br)cc(C#Cc3ccccn3)c2)ccc1OCC(=O)O. The highest BCUT2D eigenvalue weighted by molar-refractivity contribution is 9.10. The van der Waals surface area contributed by atoms with Crippen LogP contribution in [0.5, 0.6) is 5.75 Å². The number of hydrogen-bond donors (Lipinski definition) is 1. The van der Waals surface area contributed by atoms with Crippen LogP contribution in [0.15, 0.2) is 75.1 Å². The van der Waals surface area contributed by atoms with Crippen molar-refractivity contribution in [3.63, 3.8) is 0 Å². The average molecular weight is 454 g/mol. The van der Waals surface area contributed by atoms with Crippen LogP contribution in [0.2, 0.25) is 0 Å². The maximum absolute atomic E-state index is 10.7. The van der Waals surface area contributed by atoms with E-state index in [2.05, 4.69) is 32.8 Å². The first-order valence-corrected chi connectivity index (χ1v) is 9.97. The highest BCUT2D eigenvalue weighted by Crippen LogP contribution is 2.33. The Labute approximate surface area is 176 Å². The normalized spacial score (nSPS) is 10.1. The van der Waals surface area contributed by atoms with Crippen molar-refractivity contribution >= 4 is 33.7 Å². The fraction of sp³-hybridized carbons (Fsp3) is 0.0909. The molecule has 3 aromatic rings. The van der Waals surface area contributed by atoms with E-state index >= 15 is 0 Å². The predicted molar refractivity (Wildman–Crippen MR) is 113 cm³/mol. The van der Waals surface area contributed by atoms with Gasteiger partial charge in [-0.3, -0.25) is 0 Å². The van der Waals surface area contributed by atoms with Gasteiger partial charge in [-0.1, -0.05) is 39.7 Å². The van der Waals surface area contributed by atoms with Crippen molar-refractivity contribution in [3.8, 4) is 17.6 Å². The summed E-state index contributed by atoms with van der Waals surface area (Å²) in [4.78, 5) is 16.9. The highest BCUT2D eigenvalue weighted by atomic mass is 79.9. The minimum Gasteiger partial charge on any atom is -0.482 e. The summed E-state index contributed by atoms with van der Waals surface area (Å²) < 4.78 is 6.22. The van der Waals surface area contributed by atoms with Gasteiger partial charge in [0.05, 0.1) is 0 Å². The molecule has 28 heavy (non-hydrogen) atoms. The van der Waals surface area contributed by atoms with E-state index in [4.69, 9.17) is 9.84 Å². The number of hydrogen-bond acceptors (Lipinski definition) is 4. The summed E-state index contributed by atoms with van der Waals surface area (Å²) in [5, 5.41) is 8.74. The van der Waals surface area contributed by atoms with Gasteiger partial charge >= 0.3 is 5.97 Å². The molecule has 0 fully saturated rings. The van der Waals surface area contributed by atoms with Crippen molar-refractivity contribution in [3.05, 3.63) is 82.1 Å². The Bertz CT molecular complexity index is 1060. The topological polar surface area (TPSA) is 59.4 Å². The Morgan fingerprint density at radius 2 is 2.00 bits per heavy atom. The Morgan fingerprint density at radius 1 is 1.14 bits per heavy atom. The van der Waals surface area contributed by atoms with Crippen LogP contribution in [0.4, 0.5) is 0 Å². The number of carbonyl (C=O) groups is 1. The number of halogens is 1. The molecule has 1 aromatic heterocycles. The van der Waals surface area contributed by atoms with Gasteiger partial charge in [0, 0.05) is 26.0 Å². The Kier molecular flexibility index (Phi) is 6.75. The number of aromatic nitrogens is 1. The van der Waals surface area contributed by atoms with Crippen LogP contribution >= 0.6 is 27.7 Å². The molecular weight excluding hydrogens is 438 g/mol. The maximum Gasteiger partial charge on any atom is 0.341 e. The fourth-order valence-corrected chi connectivity index (χ4v) is 4.05. The lowest BCUT2D eigenvalue weighted by atomic mass is 10.2. The third-order valence-electron chi connectivity index (χ3n) is 3.60. The Morgan fingerprint density at radius 3 is 2.71 bits per heavy atom. The maximum atomic E-state index is 10.7. The van der Waals surface area contributed by atoms with Gasteiger partial charge in [-0.05, 0) is 66.9 Å². The molecule has 0 atom stereocenters. The zero-order valence-corrected chi connectivity index (χ0v) is 17.4. The van der Waals surface area contributed by atoms with E-state index in [1.165, 1.54) is 0 Å². The largest absolute Gasteiger partial charge is 0.482 e. The molecular formula is C22H16BrNO3S. The second-order valence-electron chi connectivity index (χ2n) is 5.85. The molecule has 4 nitrogen and oxygen atoms in total. The third kappa shape index (κ3) is 5.88. The monoisotopic (exact) mass is 453 g/mol. The number of nitrogens with zero attached hydrogens (tertiary/aromatic N) is 1. The second-order valence-corrected chi connectivity index (χ2v) is 7.91. The average Bonchev–Trinajstić information content (AvgIpc) is 2.66. The molecule has 0 unspecified atom stereocenters. The molecule has 0 aliphatic carbocycles. The summed E-state index contributed by atoms with van der Waals surface area (Å²) in [7, 11) is 0. The van der Waals surface area contributed by atoms with Crippen LogP contribution in [-0.4, -0.2) is 22.7 Å². The first-order valence-electron chi connectivity index (χ1n) is 8.36. The van der Waals surface area contributed by atoms with Crippen LogP contribution in [0.25, 0.3) is 0 Å². The van der Waals surface area contributed by atoms with Crippen molar-refractivity contribution in [2.75, 3.05) is 6.61 Å². The van der Waals surface area contributed by atoms with Crippen molar-refractivity contribution in [1.29, 1.82) is 0 Å². The molecule has 140 valence electrons. The number of carboxylic acid groups (broad SMARTS) is 1. The third-order valence-corrected chi connectivity index (χ3v) is 5.02. The summed E-state index contributed by atoms with van der Waals surface area (Å²) in [6.07, 6.45) is 1.72. The van der Waals surface area contributed by atoms with Crippen LogP contribution < -0.4 is 4.74 Å². The molecule has 0 radical (unpaired) electrons. The summed E-state index contributed by atoms with van der Waals surface area (Å²) in [6.45, 7) is 1.54. The van der Waals surface area contributed by atoms with E-state index < -0.39 is 5.97 Å². The number of benzene rings is 2. The van der Waals surface area contributed by atoms with Crippen molar-refractivity contribution in [2.45, 2.75) is 16.7 Å². The summed E-state index contributed by atoms with van der Waals surface area (Å²) in [6, 6.07) is 17.3. The lowest BCUT2D eigenvalue weighted by Gasteiger charge is -2.09. The summed E-state index contributed by atoms with van der Waals surface area (Å²) in [5.41, 5.74) is 2.50. The van der Waals surface area contributed by atoms with Gasteiger partial charge in [-0.2, -0.15) is 0 Å². The van der Waals surface area contributed by atoms with Crippen LogP contribution in [0.1, 0.15) is 16.8 Å². The zero-order chi connectivity index (χ0) is 19.9. The van der Waals surface area contributed by atoms with Gasteiger partial charge in [0.1, 0.15) is 11.4 Å². The van der Waals surface area contributed by atoms with E-state index in [9.17, 15) is 4.79 Å². The number of rotatable bonds is 5. The molecule has 3 rings (SSSR count). The Hall–Kier alpha value is -2.75. The Balaban J connectivity index is 1.77. The van der Waals surface area contributed by atoms with Crippen LogP contribution in [0, 0.1) is 18.8 Å². The van der Waals surface area contributed by atoms with Gasteiger partial charge < -0.3 is 9.84 Å². The van der Waals surface area contributed by atoms with E-state index in [-0.39, 0.29) is 6.61 Å². The molecule has 1 heterocycles. The van der Waals surface area contributed by atoms with Crippen molar-refractivity contribution < 1.29 is 14.6 Å². The first kappa shape index (κ1) is 20.0. The van der Waals surface area contributed by atoms with E-state index in [0.29, 0.717) is 5.75 Å². The van der Waals surface area contributed by atoms with Gasteiger partial charge in [0.2, 0.25) is 0 Å². The minimum atomic E-state index is -0.994. The zero-order valence-electron chi connectivity index (χ0n) is 15.0. The molecule has 0 saturated carbocycles. The van der Waals surface area contributed by atoms with E-state index in [1.54, 1.807) is 24.0 Å². The van der Waals surface area contributed by atoms with Crippen molar-refractivity contribution in [1.82, 2.24) is 4.98 Å². The van der Waals surface area contributed by atoms with Gasteiger partial charge in [0.25, 0.3) is 0 Å². The number of carboxylic acids is 1. The number of aliphatic carboxylic acids is 1. The molecule has 0 aliphatic rings. The number of pyridine rings is 1. The van der Waals surface area contributed by atoms with Crippen LogP contribution in [-0.2, 0) is 4.79 Å². The lowest BCUT2D eigenvalue weighted by Crippen LogP contribution is -2.09. The molecule has 6 heteroatoms. The standard InChI is InChI=1S/C22H16BrNO3S/c1-15-10-19(7-8-21(15)27-14-22(25)26)28-20-12-16(11-17(23)13-20)5-6-18-4-2-3-9-24-18/h2-4,7-13H,14H2,1H3,(H,25,26). The molecule has 1 N–H and O–H groups in total. The summed E-state index contributed by atoms with van der Waals surface area (Å²) >= 11 is 5.14. The fourth-order valence-electron chi connectivity index (χ4n) is 2.39. The molecule has 0 spiro atoms. The minimum absolute atomic E-state index is 0.350. The van der Waals surface area contributed by atoms with Crippen molar-refractivity contribution in [2.24, 2.45) is 0 Å². The smallest absolute Gasteiger partial charge is 0.341 e. The van der Waals surface area contributed by atoms with E-state index in [1.807, 2.05) is 55.5 Å². The van der Waals surface area contributed by atoms with Gasteiger partial charge in [0.15, 0.2) is 6.61 Å². The quantitative estimate of drug-likeness (QED) is 0.540. The molecule has 0 amide bonds. The molecule has 0 saturated heterocycles. The van der Waals surface area contributed by atoms with Gasteiger partial charge in [-0.25, -0.2) is 9.78 Å². The first-order chi connectivity index (χ1) is 13.5. The lowest BCUT2D eigenvalue weighted by molar-refractivity contribution is -0.139. The second kappa shape index (κ2) is 9.45.